The smallest absolute Gasteiger partial charge is 0.119 e. The number of hydrogen-bond acceptors (Lipinski definition) is 3. The second-order valence-electron chi connectivity index (χ2n) is 3.76. The number of nitrogen functional groups attached to an aromatic ring is 1. The Balaban J connectivity index is 2.26. The largest absolute Gasteiger partial charge is 0.497 e. The number of ether oxygens (including phenoxy) is 1. The fourth-order valence-corrected chi connectivity index (χ4v) is 1.65. The summed E-state index contributed by atoms with van der Waals surface area (Å²) in [6.45, 7) is 0. The monoisotopic (exact) mass is 217 g/mol. The van der Waals surface area contributed by atoms with Crippen molar-refractivity contribution in [1.29, 1.82) is 0 Å². The van der Waals surface area contributed by atoms with Gasteiger partial charge in [0.1, 0.15) is 5.75 Å². The Bertz CT molecular complexity index is 491. The highest BCUT2D eigenvalue weighted by Gasteiger charge is 2.04. The first-order chi connectivity index (χ1) is 7.69. The Kier molecular flexibility index (Phi) is 2.81. The maximum Gasteiger partial charge on any atom is 0.119 e. The molecule has 1 heterocycles. The summed E-state index contributed by atoms with van der Waals surface area (Å²) < 4.78 is 6.96. The van der Waals surface area contributed by atoms with Crippen LogP contribution in [0.4, 0.5) is 5.69 Å². The number of methoxy groups -OCH3 is 1. The van der Waals surface area contributed by atoms with E-state index in [-0.39, 0.29) is 0 Å². The van der Waals surface area contributed by atoms with Gasteiger partial charge in [-0.25, -0.2) is 0 Å². The molecule has 1 aromatic heterocycles. The first kappa shape index (κ1) is 10.5. The van der Waals surface area contributed by atoms with E-state index in [0.29, 0.717) is 0 Å². The molecule has 1 aromatic carbocycles. The maximum absolute atomic E-state index is 5.92. The molecule has 0 atom stereocenters. The van der Waals surface area contributed by atoms with Gasteiger partial charge in [-0.2, -0.15) is 5.10 Å². The quantitative estimate of drug-likeness (QED) is 0.794. The molecule has 2 N–H and O–H groups in total. The molecule has 0 spiro atoms. The van der Waals surface area contributed by atoms with Gasteiger partial charge in [0.2, 0.25) is 0 Å². The van der Waals surface area contributed by atoms with Gasteiger partial charge in [0.05, 0.1) is 13.3 Å². The van der Waals surface area contributed by atoms with Crippen molar-refractivity contribution >= 4 is 5.69 Å². The van der Waals surface area contributed by atoms with Gasteiger partial charge < -0.3 is 10.5 Å². The molecule has 0 aliphatic rings. The van der Waals surface area contributed by atoms with Crippen LogP contribution in [0, 0.1) is 0 Å². The van der Waals surface area contributed by atoms with Crippen molar-refractivity contribution in [2.45, 2.75) is 6.42 Å². The Morgan fingerprint density at radius 3 is 2.88 bits per heavy atom. The summed E-state index contributed by atoms with van der Waals surface area (Å²) in [5.74, 6) is 0.827. The summed E-state index contributed by atoms with van der Waals surface area (Å²) >= 11 is 0. The molecule has 0 bridgehead atoms. The molecule has 0 aliphatic carbocycles. The third-order valence-electron chi connectivity index (χ3n) is 2.50. The Morgan fingerprint density at radius 2 is 2.25 bits per heavy atom. The second-order valence-corrected chi connectivity index (χ2v) is 3.76. The van der Waals surface area contributed by atoms with Crippen LogP contribution in [-0.4, -0.2) is 16.9 Å². The Hall–Kier alpha value is -1.97. The molecule has 4 nitrogen and oxygen atoms in total. The topological polar surface area (TPSA) is 53.1 Å². The zero-order chi connectivity index (χ0) is 11.5. The average Bonchev–Trinajstić information content (AvgIpc) is 2.67. The van der Waals surface area contributed by atoms with Gasteiger partial charge in [-0.3, -0.25) is 4.68 Å². The Labute approximate surface area is 94.6 Å². The van der Waals surface area contributed by atoms with E-state index in [1.165, 1.54) is 0 Å². The lowest BCUT2D eigenvalue weighted by atomic mass is 10.1. The van der Waals surface area contributed by atoms with Gasteiger partial charge in [-0.1, -0.05) is 0 Å². The molecule has 0 saturated heterocycles. The molecular weight excluding hydrogens is 202 g/mol. The van der Waals surface area contributed by atoms with Gasteiger partial charge in [0.25, 0.3) is 0 Å². The fraction of sp³-hybridized carbons (Fsp3) is 0.250. The molecule has 4 heteroatoms. The minimum absolute atomic E-state index is 0.775. The van der Waals surface area contributed by atoms with E-state index in [2.05, 4.69) is 5.10 Å². The van der Waals surface area contributed by atoms with Crippen LogP contribution in [0.15, 0.2) is 30.6 Å². The van der Waals surface area contributed by atoms with Crippen LogP contribution in [0.1, 0.15) is 11.1 Å². The lowest BCUT2D eigenvalue weighted by molar-refractivity contribution is 0.414. The van der Waals surface area contributed by atoms with Crippen LogP contribution in [-0.2, 0) is 13.5 Å². The number of benzene rings is 1. The predicted octanol–water partition coefficient (Wildman–Crippen LogP) is 1.60. The number of nitrogens with two attached hydrogens (primary N) is 1. The van der Waals surface area contributed by atoms with Crippen LogP contribution >= 0.6 is 0 Å². The van der Waals surface area contributed by atoms with Crippen LogP contribution in [0.2, 0.25) is 0 Å². The van der Waals surface area contributed by atoms with Crippen LogP contribution in [0.5, 0.6) is 5.75 Å². The van der Waals surface area contributed by atoms with Crippen molar-refractivity contribution < 1.29 is 4.74 Å². The zero-order valence-corrected chi connectivity index (χ0v) is 9.47. The fourth-order valence-electron chi connectivity index (χ4n) is 1.65. The van der Waals surface area contributed by atoms with Gasteiger partial charge in [-0.05, 0) is 29.3 Å². The zero-order valence-electron chi connectivity index (χ0n) is 9.47. The molecular formula is C12H15N3O. The molecule has 0 fully saturated rings. The highest BCUT2D eigenvalue weighted by atomic mass is 16.5. The lowest BCUT2D eigenvalue weighted by Crippen LogP contribution is -1.96. The Morgan fingerprint density at radius 1 is 1.44 bits per heavy atom. The first-order valence-corrected chi connectivity index (χ1v) is 5.09. The van der Waals surface area contributed by atoms with E-state index < -0.39 is 0 Å². The minimum Gasteiger partial charge on any atom is -0.497 e. The maximum atomic E-state index is 5.92. The van der Waals surface area contributed by atoms with E-state index >= 15 is 0 Å². The second kappa shape index (κ2) is 4.26. The van der Waals surface area contributed by atoms with Gasteiger partial charge in [-0.15, -0.1) is 0 Å². The highest BCUT2D eigenvalue weighted by molar-refractivity contribution is 5.52. The van der Waals surface area contributed by atoms with Gasteiger partial charge in [0, 0.05) is 25.4 Å². The number of anilines is 1. The summed E-state index contributed by atoms with van der Waals surface area (Å²) in [7, 11) is 3.55. The minimum atomic E-state index is 0.775. The molecule has 2 aromatic rings. The van der Waals surface area contributed by atoms with Crippen LogP contribution < -0.4 is 10.5 Å². The van der Waals surface area contributed by atoms with E-state index in [0.717, 1.165) is 29.0 Å². The summed E-state index contributed by atoms with van der Waals surface area (Å²) in [6, 6.07) is 5.69. The first-order valence-electron chi connectivity index (χ1n) is 5.09. The van der Waals surface area contributed by atoms with Crippen molar-refractivity contribution in [2.75, 3.05) is 12.8 Å². The summed E-state index contributed by atoms with van der Waals surface area (Å²) in [6.07, 6.45) is 4.61. The van der Waals surface area contributed by atoms with Crippen molar-refractivity contribution in [3.05, 3.63) is 41.7 Å². The van der Waals surface area contributed by atoms with Crippen LogP contribution in [0.25, 0.3) is 0 Å². The van der Waals surface area contributed by atoms with Crippen molar-refractivity contribution in [3.63, 3.8) is 0 Å². The van der Waals surface area contributed by atoms with Crippen molar-refractivity contribution in [2.24, 2.45) is 7.05 Å². The van der Waals surface area contributed by atoms with E-state index in [1.54, 1.807) is 11.8 Å². The predicted molar refractivity (Wildman–Crippen MR) is 63.4 cm³/mol. The van der Waals surface area contributed by atoms with Crippen LogP contribution in [0.3, 0.4) is 0 Å². The van der Waals surface area contributed by atoms with E-state index in [1.807, 2.05) is 37.6 Å². The molecule has 84 valence electrons. The van der Waals surface area contributed by atoms with E-state index in [9.17, 15) is 0 Å². The van der Waals surface area contributed by atoms with Gasteiger partial charge in [0.15, 0.2) is 0 Å². The molecule has 0 amide bonds. The van der Waals surface area contributed by atoms with Crippen molar-refractivity contribution in [3.8, 4) is 5.75 Å². The molecule has 0 unspecified atom stereocenters. The number of rotatable bonds is 3. The normalized spacial score (nSPS) is 10.4. The summed E-state index contributed by atoms with van der Waals surface area (Å²) in [5.41, 5.74) is 8.90. The van der Waals surface area contributed by atoms with Crippen molar-refractivity contribution in [1.82, 2.24) is 9.78 Å². The summed E-state index contributed by atoms with van der Waals surface area (Å²) in [5, 5.41) is 4.13. The number of aryl methyl sites for hydroxylation is 1. The van der Waals surface area contributed by atoms with E-state index in [4.69, 9.17) is 10.5 Å². The standard InChI is InChI=1S/C12H15N3O/c1-15-8-9(7-14-15)5-10-6-11(16-2)3-4-12(10)13/h3-4,6-8H,5,13H2,1-2H3. The third-order valence-corrected chi connectivity index (χ3v) is 2.50. The van der Waals surface area contributed by atoms with Gasteiger partial charge >= 0.3 is 0 Å². The number of hydrogen-bond donors (Lipinski definition) is 1. The highest BCUT2D eigenvalue weighted by Crippen LogP contribution is 2.21. The molecule has 0 aliphatic heterocycles. The average molecular weight is 217 g/mol. The molecule has 0 radical (unpaired) electrons. The summed E-state index contributed by atoms with van der Waals surface area (Å²) in [4.78, 5) is 0. The molecule has 16 heavy (non-hydrogen) atoms. The number of aromatic nitrogens is 2. The number of nitrogens with zero attached hydrogens (tertiary/aromatic N) is 2. The molecule has 0 saturated carbocycles. The molecule has 2 rings (SSSR count). The third kappa shape index (κ3) is 2.16. The lowest BCUT2D eigenvalue weighted by Gasteiger charge is -2.06. The SMILES string of the molecule is COc1ccc(N)c(Cc2cnn(C)c2)c1.